The third-order valence-corrected chi connectivity index (χ3v) is 4.76. The van der Waals surface area contributed by atoms with E-state index in [1.54, 1.807) is 12.1 Å². The first kappa shape index (κ1) is 16.5. The summed E-state index contributed by atoms with van der Waals surface area (Å²) in [5.41, 5.74) is 2.11. The van der Waals surface area contributed by atoms with Crippen LogP contribution in [0.1, 0.15) is 36.8 Å². The van der Waals surface area contributed by atoms with Gasteiger partial charge in [-0.15, -0.1) is 0 Å². The molecule has 0 atom stereocenters. The van der Waals surface area contributed by atoms with Gasteiger partial charge in [0.25, 0.3) is 0 Å². The Hall–Kier alpha value is -1.39. The van der Waals surface area contributed by atoms with Gasteiger partial charge in [0.2, 0.25) is 0 Å². The number of hydrogen-bond donors (Lipinski definition) is 1. The van der Waals surface area contributed by atoms with E-state index in [9.17, 15) is 4.39 Å². The lowest BCUT2D eigenvalue weighted by Gasteiger charge is -2.16. The molecule has 2 nitrogen and oxygen atoms in total. The van der Waals surface area contributed by atoms with Crippen LogP contribution in [0, 0.1) is 5.82 Å². The molecule has 1 N–H and O–H groups in total. The molecule has 1 aliphatic rings. The smallest absolute Gasteiger partial charge is 0.124 e. The Morgan fingerprint density at radius 3 is 2.57 bits per heavy atom. The molecule has 0 radical (unpaired) electrons. The zero-order valence-electron chi connectivity index (χ0n) is 13.0. The molecule has 2 aromatic rings. The number of halogens is 2. The second-order valence-corrected chi connectivity index (χ2v) is 6.95. The molecule has 0 unspecified atom stereocenters. The van der Waals surface area contributed by atoms with E-state index in [0.29, 0.717) is 12.6 Å². The summed E-state index contributed by atoms with van der Waals surface area (Å²) in [4.78, 5) is 0. The molecule has 122 valence electrons. The molecule has 1 saturated carbocycles. The van der Waals surface area contributed by atoms with Crippen molar-refractivity contribution in [3.8, 4) is 5.75 Å². The van der Waals surface area contributed by atoms with Gasteiger partial charge in [-0.05, 0) is 48.7 Å². The minimum Gasteiger partial charge on any atom is -0.489 e. The van der Waals surface area contributed by atoms with Crippen LogP contribution in [0.25, 0.3) is 0 Å². The summed E-state index contributed by atoms with van der Waals surface area (Å²) >= 11 is 3.53. The molecule has 2 aromatic carbocycles. The highest BCUT2D eigenvalue weighted by atomic mass is 79.9. The SMILES string of the molecule is Fc1ccc(COc2ccc(Br)cc2CNC2CCCC2)cc1. The standard InChI is InChI=1S/C19H21BrFNO/c20-16-7-10-19(23-13-14-5-8-17(21)9-6-14)15(11-16)12-22-18-3-1-2-4-18/h5-11,18,22H,1-4,12-13H2. The average molecular weight is 378 g/mol. The van der Waals surface area contributed by atoms with Crippen molar-refractivity contribution >= 4 is 15.9 Å². The lowest BCUT2D eigenvalue weighted by atomic mass is 10.1. The van der Waals surface area contributed by atoms with Crippen LogP contribution in [0.4, 0.5) is 4.39 Å². The van der Waals surface area contributed by atoms with Gasteiger partial charge in [-0.1, -0.05) is 40.9 Å². The van der Waals surface area contributed by atoms with Gasteiger partial charge in [0.1, 0.15) is 18.2 Å². The van der Waals surface area contributed by atoms with E-state index in [1.165, 1.54) is 37.8 Å². The van der Waals surface area contributed by atoms with Crippen LogP contribution in [-0.4, -0.2) is 6.04 Å². The fourth-order valence-corrected chi connectivity index (χ4v) is 3.36. The van der Waals surface area contributed by atoms with Gasteiger partial charge in [-0.3, -0.25) is 0 Å². The Morgan fingerprint density at radius 2 is 1.83 bits per heavy atom. The van der Waals surface area contributed by atoms with Crippen molar-refractivity contribution in [3.63, 3.8) is 0 Å². The molecule has 0 amide bonds. The topological polar surface area (TPSA) is 21.3 Å². The van der Waals surface area contributed by atoms with Crippen LogP contribution in [-0.2, 0) is 13.2 Å². The third-order valence-electron chi connectivity index (χ3n) is 4.27. The molecule has 0 heterocycles. The Kier molecular flexibility index (Phi) is 5.68. The molecule has 0 bridgehead atoms. The predicted molar refractivity (Wildman–Crippen MR) is 94.0 cm³/mol. The fraction of sp³-hybridized carbons (Fsp3) is 0.368. The summed E-state index contributed by atoms with van der Waals surface area (Å²) in [6.07, 6.45) is 5.17. The van der Waals surface area contributed by atoms with Crippen molar-refractivity contribution in [1.29, 1.82) is 0 Å². The van der Waals surface area contributed by atoms with Crippen LogP contribution in [0.3, 0.4) is 0 Å². The molecule has 3 rings (SSSR count). The minimum absolute atomic E-state index is 0.223. The molecular formula is C19H21BrFNO. The summed E-state index contributed by atoms with van der Waals surface area (Å²) in [6.45, 7) is 1.25. The van der Waals surface area contributed by atoms with E-state index in [4.69, 9.17) is 4.74 Å². The summed E-state index contributed by atoms with van der Waals surface area (Å²) in [7, 11) is 0. The van der Waals surface area contributed by atoms with E-state index in [1.807, 2.05) is 12.1 Å². The summed E-state index contributed by atoms with van der Waals surface area (Å²) < 4.78 is 20.0. The molecule has 4 heteroatoms. The maximum absolute atomic E-state index is 13.0. The van der Waals surface area contributed by atoms with Crippen molar-refractivity contribution in [2.75, 3.05) is 0 Å². The first-order valence-corrected chi connectivity index (χ1v) is 8.89. The maximum atomic E-state index is 13.0. The fourth-order valence-electron chi connectivity index (χ4n) is 2.95. The highest BCUT2D eigenvalue weighted by Gasteiger charge is 2.15. The average Bonchev–Trinajstić information content (AvgIpc) is 3.07. The van der Waals surface area contributed by atoms with Gasteiger partial charge < -0.3 is 10.1 Å². The Bertz CT molecular complexity index is 638. The van der Waals surface area contributed by atoms with Crippen LogP contribution < -0.4 is 10.1 Å². The van der Waals surface area contributed by atoms with Crippen molar-refractivity contribution in [1.82, 2.24) is 5.32 Å². The summed E-state index contributed by atoms with van der Waals surface area (Å²) in [6, 6.07) is 13.1. The molecular weight excluding hydrogens is 357 g/mol. The zero-order valence-corrected chi connectivity index (χ0v) is 14.6. The highest BCUT2D eigenvalue weighted by molar-refractivity contribution is 9.10. The Labute approximate surface area is 145 Å². The second-order valence-electron chi connectivity index (χ2n) is 6.03. The largest absolute Gasteiger partial charge is 0.489 e. The van der Waals surface area contributed by atoms with Gasteiger partial charge in [0.05, 0.1) is 0 Å². The van der Waals surface area contributed by atoms with E-state index < -0.39 is 0 Å². The van der Waals surface area contributed by atoms with Crippen LogP contribution in [0.5, 0.6) is 5.75 Å². The second kappa shape index (κ2) is 7.93. The molecule has 0 aliphatic heterocycles. The summed E-state index contributed by atoms with van der Waals surface area (Å²) in [5.74, 6) is 0.655. The minimum atomic E-state index is -0.223. The van der Waals surface area contributed by atoms with E-state index in [2.05, 4.69) is 27.3 Å². The van der Waals surface area contributed by atoms with Gasteiger partial charge in [-0.2, -0.15) is 0 Å². The number of hydrogen-bond acceptors (Lipinski definition) is 2. The van der Waals surface area contributed by atoms with Crippen LogP contribution >= 0.6 is 15.9 Å². The first-order valence-electron chi connectivity index (χ1n) is 8.10. The number of benzene rings is 2. The molecule has 0 aromatic heterocycles. The molecule has 0 saturated heterocycles. The normalized spacial score (nSPS) is 15.0. The van der Waals surface area contributed by atoms with Gasteiger partial charge in [0.15, 0.2) is 0 Å². The molecule has 1 fully saturated rings. The number of rotatable bonds is 6. The van der Waals surface area contributed by atoms with Crippen molar-refractivity contribution < 1.29 is 9.13 Å². The van der Waals surface area contributed by atoms with Crippen molar-refractivity contribution in [2.45, 2.75) is 44.9 Å². The zero-order chi connectivity index (χ0) is 16.1. The number of nitrogens with one attached hydrogen (secondary N) is 1. The quantitative estimate of drug-likeness (QED) is 0.746. The number of ether oxygens (including phenoxy) is 1. The Morgan fingerprint density at radius 1 is 1.09 bits per heavy atom. The maximum Gasteiger partial charge on any atom is 0.124 e. The van der Waals surface area contributed by atoms with Gasteiger partial charge >= 0.3 is 0 Å². The van der Waals surface area contributed by atoms with E-state index in [-0.39, 0.29) is 5.82 Å². The Balaban J connectivity index is 1.64. The van der Waals surface area contributed by atoms with E-state index in [0.717, 1.165) is 27.9 Å². The monoisotopic (exact) mass is 377 g/mol. The lowest BCUT2D eigenvalue weighted by Crippen LogP contribution is -2.25. The third kappa shape index (κ3) is 4.79. The molecule has 0 spiro atoms. The predicted octanol–water partition coefficient (Wildman–Crippen LogP) is 5.20. The molecule has 23 heavy (non-hydrogen) atoms. The first-order chi connectivity index (χ1) is 11.2. The van der Waals surface area contributed by atoms with Gasteiger partial charge in [0, 0.05) is 22.6 Å². The van der Waals surface area contributed by atoms with Crippen LogP contribution in [0.15, 0.2) is 46.9 Å². The van der Waals surface area contributed by atoms with Gasteiger partial charge in [-0.25, -0.2) is 4.39 Å². The van der Waals surface area contributed by atoms with Crippen molar-refractivity contribution in [3.05, 3.63) is 63.9 Å². The van der Waals surface area contributed by atoms with Crippen LogP contribution in [0.2, 0.25) is 0 Å². The molecule has 1 aliphatic carbocycles. The lowest BCUT2D eigenvalue weighted by molar-refractivity contribution is 0.301. The van der Waals surface area contributed by atoms with E-state index >= 15 is 0 Å². The summed E-state index contributed by atoms with van der Waals surface area (Å²) in [5, 5.41) is 3.62. The highest BCUT2D eigenvalue weighted by Crippen LogP contribution is 2.25. The van der Waals surface area contributed by atoms with Crippen molar-refractivity contribution in [2.24, 2.45) is 0 Å².